The Balaban J connectivity index is 1.64. The number of benzene rings is 2. The number of hydrogen-bond acceptors (Lipinski definition) is 7. The van der Waals surface area contributed by atoms with E-state index in [1.807, 2.05) is 61.7 Å². The van der Waals surface area contributed by atoms with Crippen LogP contribution in [0, 0.1) is 0 Å². The van der Waals surface area contributed by atoms with Gasteiger partial charge in [-0.15, -0.1) is 11.3 Å². The predicted molar refractivity (Wildman–Crippen MR) is 122 cm³/mol. The highest BCUT2D eigenvalue weighted by Gasteiger charge is 2.06. The molecule has 30 heavy (non-hydrogen) atoms. The van der Waals surface area contributed by atoms with Crippen LogP contribution in [0.4, 0.5) is 10.8 Å². The van der Waals surface area contributed by atoms with Gasteiger partial charge in [0.2, 0.25) is 11.0 Å². The Morgan fingerprint density at radius 1 is 1.10 bits per heavy atom. The van der Waals surface area contributed by atoms with Gasteiger partial charge in [0, 0.05) is 23.6 Å². The second-order valence-electron chi connectivity index (χ2n) is 6.24. The lowest BCUT2D eigenvalue weighted by molar-refractivity contribution is -0.114. The van der Waals surface area contributed by atoms with E-state index < -0.39 is 0 Å². The first kappa shape index (κ1) is 21.3. The van der Waals surface area contributed by atoms with E-state index in [0.29, 0.717) is 24.1 Å². The van der Waals surface area contributed by atoms with Gasteiger partial charge in [-0.3, -0.25) is 10.2 Å². The van der Waals surface area contributed by atoms with Crippen molar-refractivity contribution < 1.29 is 14.3 Å². The fourth-order valence-corrected chi connectivity index (χ4v) is 3.36. The van der Waals surface area contributed by atoms with Crippen molar-refractivity contribution in [1.29, 1.82) is 0 Å². The molecule has 0 aliphatic carbocycles. The Labute approximate surface area is 179 Å². The highest BCUT2D eigenvalue weighted by Crippen LogP contribution is 2.28. The van der Waals surface area contributed by atoms with Crippen LogP contribution in [0.15, 0.2) is 52.9 Å². The Morgan fingerprint density at radius 3 is 2.53 bits per heavy atom. The number of thiazole rings is 1. The molecule has 3 aromatic rings. The van der Waals surface area contributed by atoms with Gasteiger partial charge in [-0.25, -0.2) is 4.98 Å². The zero-order chi connectivity index (χ0) is 21.3. The largest absolute Gasteiger partial charge is 0.490 e. The summed E-state index contributed by atoms with van der Waals surface area (Å²) < 4.78 is 11.2. The van der Waals surface area contributed by atoms with Crippen molar-refractivity contribution >= 4 is 34.3 Å². The number of ether oxygens (including phenoxy) is 2. The van der Waals surface area contributed by atoms with Crippen LogP contribution in [-0.4, -0.2) is 30.3 Å². The number of nitrogens with zero attached hydrogens (tertiary/aromatic N) is 2. The molecule has 1 aromatic heterocycles. The summed E-state index contributed by atoms with van der Waals surface area (Å²) in [4.78, 5) is 15.7. The lowest BCUT2D eigenvalue weighted by Gasteiger charge is -2.11. The molecule has 1 amide bonds. The molecule has 0 aliphatic heterocycles. The highest BCUT2D eigenvalue weighted by atomic mass is 32.1. The van der Waals surface area contributed by atoms with Crippen molar-refractivity contribution in [3.63, 3.8) is 0 Å². The molecular weight excluding hydrogens is 400 g/mol. The smallest absolute Gasteiger partial charge is 0.221 e. The van der Waals surface area contributed by atoms with E-state index in [9.17, 15) is 4.79 Å². The predicted octanol–water partition coefficient (Wildman–Crippen LogP) is 5.01. The molecule has 2 aromatic carbocycles. The molecule has 0 aliphatic rings. The fraction of sp³-hybridized carbons (Fsp3) is 0.227. The molecule has 8 heteroatoms. The average molecular weight is 425 g/mol. The molecule has 156 valence electrons. The van der Waals surface area contributed by atoms with Crippen molar-refractivity contribution in [3.8, 4) is 22.8 Å². The first-order valence-electron chi connectivity index (χ1n) is 9.61. The average Bonchev–Trinajstić information content (AvgIpc) is 3.19. The van der Waals surface area contributed by atoms with Crippen LogP contribution in [0.25, 0.3) is 11.3 Å². The van der Waals surface area contributed by atoms with Gasteiger partial charge in [-0.05, 0) is 49.7 Å². The molecule has 0 radical (unpaired) electrons. The minimum Gasteiger partial charge on any atom is -0.490 e. The normalized spacial score (nSPS) is 10.8. The number of aromatic nitrogens is 1. The maximum Gasteiger partial charge on any atom is 0.221 e. The topological polar surface area (TPSA) is 84.8 Å². The van der Waals surface area contributed by atoms with Crippen LogP contribution < -0.4 is 20.2 Å². The third-order valence-electron chi connectivity index (χ3n) is 3.95. The Kier molecular flexibility index (Phi) is 7.40. The first-order chi connectivity index (χ1) is 14.6. The van der Waals surface area contributed by atoms with E-state index in [1.54, 1.807) is 6.21 Å². The van der Waals surface area contributed by atoms with Gasteiger partial charge in [0.05, 0.1) is 25.1 Å². The van der Waals surface area contributed by atoms with Crippen LogP contribution >= 0.6 is 11.3 Å². The summed E-state index contributed by atoms with van der Waals surface area (Å²) in [7, 11) is 0. The summed E-state index contributed by atoms with van der Waals surface area (Å²) in [5.74, 6) is 1.32. The third kappa shape index (κ3) is 5.81. The summed E-state index contributed by atoms with van der Waals surface area (Å²) in [6.45, 7) is 6.50. The van der Waals surface area contributed by atoms with Crippen molar-refractivity contribution in [3.05, 3.63) is 53.4 Å². The van der Waals surface area contributed by atoms with Crippen LogP contribution in [0.2, 0.25) is 0 Å². The fourth-order valence-electron chi connectivity index (χ4n) is 2.70. The lowest BCUT2D eigenvalue weighted by Crippen LogP contribution is -2.05. The standard InChI is InChI=1S/C22H24N4O3S/c1-4-28-20-11-6-16(12-21(20)29-5-2)13-23-26-22-25-19(14-30-22)17-7-9-18(10-8-17)24-15(3)27/h6-14H,4-5H2,1-3H3,(H,24,27)(H,25,26)/b23-13-. The van der Waals surface area contributed by atoms with Gasteiger partial charge < -0.3 is 14.8 Å². The summed E-state index contributed by atoms with van der Waals surface area (Å²) >= 11 is 1.46. The van der Waals surface area contributed by atoms with Gasteiger partial charge in [0.25, 0.3) is 0 Å². The number of nitrogens with one attached hydrogen (secondary N) is 2. The SMILES string of the molecule is CCOc1ccc(/C=N\Nc2nc(-c3ccc(NC(C)=O)cc3)cs2)cc1OCC. The van der Waals surface area contributed by atoms with Gasteiger partial charge in [0.1, 0.15) is 0 Å². The van der Waals surface area contributed by atoms with E-state index in [1.165, 1.54) is 18.3 Å². The highest BCUT2D eigenvalue weighted by molar-refractivity contribution is 7.14. The molecule has 0 saturated heterocycles. The van der Waals surface area contributed by atoms with E-state index in [-0.39, 0.29) is 5.91 Å². The first-order valence-corrected chi connectivity index (χ1v) is 10.5. The van der Waals surface area contributed by atoms with Crippen LogP contribution in [0.3, 0.4) is 0 Å². The summed E-state index contributed by atoms with van der Waals surface area (Å²) in [6.07, 6.45) is 1.71. The summed E-state index contributed by atoms with van der Waals surface area (Å²) in [5.41, 5.74) is 6.41. The maximum atomic E-state index is 11.1. The molecule has 0 atom stereocenters. The van der Waals surface area contributed by atoms with Gasteiger partial charge >= 0.3 is 0 Å². The molecule has 7 nitrogen and oxygen atoms in total. The second-order valence-corrected chi connectivity index (χ2v) is 7.10. The Bertz CT molecular complexity index is 1020. The number of carbonyl (C=O) groups excluding carboxylic acids is 1. The minimum absolute atomic E-state index is 0.0957. The Hall–Kier alpha value is -3.39. The zero-order valence-electron chi connectivity index (χ0n) is 17.1. The lowest BCUT2D eigenvalue weighted by atomic mass is 10.1. The van der Waals surface area contributed by atoms with E-state index in [0.717, 1.165) is 28.3 Å². The molecule has 0 fully saturated rings. The van der Waals surface area contributed by atoms with E-state index >= 15 is 0 Å². The van der Waals surface area contributed by atoms with Crippen molar-refractivity contribution in [2.75, 3.05) is 24.0 Å². The van der Waals surface area contributed by atoms with Crippen molar-refractivity contribution in [1.82, 2.24) is 4.98 Å². The van der Waals surface area contributed by atoms with Gasteiger partial charge in [-0.2, -0.15) is 5.10 Å². The van der Waals surface area contributed by atoms with Gasteiger partial charge in [0.15, 0.2) is 11.5 Å². The van der Waals surface area contributed by atoms with E-state index in [4.69, 9.17) is 9.47 Å². The van der Waals surface area contributed by atoms with Crippen LogP contribution in [0.1, 0.15) is 26.3 Å². The second kappa shape index (κ2) is 10.4. The number of hydrogen-bond donors (Lipinski definition) is 2. The minimum atomic E-state index is -0.0957. The molecule has 2 N–H and O–H groups in total. The monoisotopic (exact) mass is 424 g/mol. The maximum absolute atomic E-state index is 11.1. The number of anilines is 2. The zero-order valence-corrected chi connectivity index (χ0v) is 18.0. The molecule has 0 saturated carbocycles. The Morgan fingerprint density at radius 2 is 1.83 bits per heavy atom. The number of carbonyl (C=O) groups is 1. The quantitative estimate of drug-likeness (QED) is 0.372. The molecule has 0 bridgehead atoms. The summed E-state index contributed by atoms with van der Waals surface area (Å²) in [6, 6.07) is 13.2. The van der Waals surface area contributed by atoms with Crippen molar-refractivity contribution in [2.24, 2.45) is 5.10 Å². The van der Waals surface area contributed by atoms with Crippen LogP contribution in [0.5, 0.6) is 11.5 Å². The molecular formula is C22H24N4O3S. The third-order valence-corrected chi connectivity index (χ3v) is 4.69. The van der Waals surface area contributed by atoms with Crippen molar-refractivity contribution in [2.45, 2.75) is 20.8 Å². The van der Waals surface area contributed by atoms with Crippen LogP contribution in [-0.2, 0) is 4.79 Å². The summed E-state index contributed by atoms with van der Waals surface area (Å²) in [5, 5.41) is 9.66. The van der Waals surface area contributed by atoms with Gasteiger partial charge in [-0.1, -0.05) is 12.1 Å². The molecule has 3 rings (SSSR count). The van der Waals surface area contributed by atoms with E-state index in [2.05, 4.69) is 20.8 Å². The molecule has 0 unspecified atom stereocenters. The number of hydrazone groups is 1. The number of rotatable bonds is 9. The number of amides is 1. The molecule has 0 spiro atoms. The molecule has 1 heterocycles.